The Hall–Kier alpha value is -9.24. The molecule has 4 atom stereocenters. The summed E-state index contributed by atoms with van der Waals surface area (Å²) in [6.45, 7) is 0. The third kappa shape index (κ3) is 7.58. The summed E-state index contributed by atoms with van der Waals surface area (Å²) in [6, 6.07) is 78.0. The summed E-state index contributed by atoms with van der Waals surface area (Å²) in [7, 11) is 0. The second-order valence-corrected chi connectivity index (χ2v) is 19.4. The van der Waals surface area contributed by atoms with Gasteiger partial charge in [0, 0.05) is 44.7 Å². The number of nitrogens with two attached hydrogens (primary N) is 1. The second-order valence-electron chi connectivity index (χ2n) is 19.4. The number of quaternary nitrogens is 1. The maximum Gasteiger partial charge on any atom is 0.235 e. The van der Waals surface area contributed by atoms with Crippen molar-refractivity contribution in [2.45, 2.75) is 37.1 Å². The van der Waals surface area contributed by atoms with Gasteiger partial charge in [0.2, 0.25) is 12.0 Å². The van der Waals surface area contributed by atoms with Crippen molar-refractivity contribution in [1.29, 1.82) is 0 Å². The van der Waals surface area contributed by atoms with Gasteiger partial charge in [-0.05, 0) is 95.8 Å². The summed E-state index contributed by atoms with van der Waals surface area (Å²) in [4.78, 5) is 24.2. The molecule has 0 bridgehead atoms. The lowest BCUT2D eigenvalue weighted by molar-refractivity contribution is -0.586. The van der Waals surface area contributed by atoms with E-state index in [1.165, 1.54) is 39.0 Å². The van der Waals surface area contributed by atoms with Crippen molar-refractivity contribution in [3.8, 4) is 5.69 Å². The number of aliphatic imine (C=N–C) groups is 4. The number of amidine groups is 4. The van der Waals surface area contributed by atoms with Gasteiger partial charge in [0.15, 0.2) is 12.0 Å². The van der Waals surface area contributed by atoms with Crippen LogP contribution in [0.1, 0.15) is 81.3 Å². The molecule has 4 heterocycles. The zero-order valence-electron chi connectivity index (χ0n) is 40.6. The lowest BCUT2D eigenvalue weighted by Crippen LogP contribution is -2.90. The topological polar surface area (TPSA) is 86.2 Å². The third-order valence-corrected chi connectivity index (χ3v) is 15.0. The Morgan fingerprint density at radius 2 is 1.20 bits per heavy atom. The van der Waals surface area contributed by atoms with E-state index < -0.39 is 12.3 Å². The molecule has 0 spiro atoms. The fraction of sp³-hybridized carbons (Fsp3) is 0.0909. The van der Waals surface area contributed by atoms with Crippen molar-refractivity contribution < 1.29 is 5.32 Å². The number of hydrogen-bond donors (Lipinski definition) is 2. The summed E-state index contributed by atoms with van der Waals surface area (Å²) >= 11 is 0. The van der Waals surface area contributed by atoms with Crippen LogP contribution in [0.15, 0.2) is 262 Å². The van der Waals surface area contributed by atoms with Gasteiger partial charge in [-0.3, -0.25) is 5.32 Å². The van der Waals surface area contributed by atoms with E-state index in [0.717, 1.165) is 80.6 Å². The Bertz CT molecular complexity index is 3850. The van der Waals surface area contributed by atoms with Crippen molar-refractivity contribution in [3.63, 3.8) is 0 Å². The second kappa shape index (κ2) is 18.4. The SMILES string of the molecule is C1=CC(C2=NC(c3ccccc3)N=C(c3ccc(-n4c5c(c6ccccc64)C=C(c4ccccc4)C4C5c5ccccc5N4c4ccccc4)c(C4N=C(c5ccccc5)N=C(c5ccccc5)[NH2+]4)c3)N2)=CCC1. The van der Waals surface area contributed by atoms with Crippen LogP contribution in [0.5, 0.6) is 0 Å². The van der Waals surface area contributed by atoms with Gasteiger partial charge in [-0.25, -0.2) is 15.0 Å². The van der Waals surface area contributed by atoms with Gasteiger partial charge in [0.05, 0.1) is 34.3 Å². The van der Waals surface area contributed by atoms with Gasteiger partial charge in [-0.1, -0.05) is 182 Å². The van der Waals surface area contributed by atoms with E-state index in [4.69, 9.17) is 20.0 Å². The molecule has 14 rings (SSSR count). The fourth-order valence-electron chi connectivity index (χ4n) is 11.7. The average molecular weight is 956 g/mol. The highest BCUT2D eigenvalue weighted by atomic mass is 15.2. The molecule has 3 N–H and O–H groups in total. The average Bonchev–Trinajstić information content (AvgIpc) is 4.09. The number of allylic oxidation sites excluding steroid dienone is 2. The summed E-state index contributed by atoms with van der Waals surface area (Å²) in [5, 5.41) is 7.19. The van der Waals surface area contributed by atoms with E-state index in [1.54, 1.807) is 0 Å². The smallest absolute Gasteiger partial charge is 0.235 e. The van der Waals surface area contributed by atoms with Gasteiger partial charge in [-0.15, -0.1) is 0 Å². The molecule has 8 aromatic carbocycles. The molecular weight excluding hydrogens is 905 g/mol. The van der Waals surface area contributed by atoms with Crippen LogP contribution in [0.3, 0.4) is 0 Å². The number of nitrogens with zero attached hydrogens (tertiary/aromatic N) is 6. The van der Waals surface area contributed by atoms with Gasteiger partial charge < -0.3 is 14.8 Å². The predicted octanol–water partition coefficient (Wildman–Crippen LogP) is 13.0. The van der Waals surface area contributed by atoms with Crippen molar-refractivity contribution in [2.75, 3.05) is 4.90 Å². The quantitative estimate of drug-likeness (QED) is 0.151. The highest BCUT2D eigenvalue weighted by molar-refractivity contribution is 6.17. The van der Waals surface area contributed by atoms with Gasteiger partial charge >= 0.3 is 0 Å². The fourth-order valence-corrected chi connectivity index (χ4v) is 11.7. The highest BCUT2D eigenvalue weighted by Gasteiger charge is 2.48. The van der Waals surface area contributed by atoms with Crippen LogP contribution in [0.4, 0.5) is 11.4 Å². The number of anilines is 2. The van der Waals surface area contributed by atoms with Crippen molar-refractivity contribution in [1.82, 2.24) is 9.88 Å². The molecule has 0 amide bonds. The number of benzene rings is 8. The first-order valence-corrected chi connectivity index (χ1v) is 25.7. The van der Waals surface area contributed by atoms with Crippen LogP contribution in [-0.2, 0) is 0 Å². The Morgan fingerprint density at radius 1 is 0.541 bits per heavy atom. The summed E-state index contributed by atoms with van der Waals surface area (Å²) in [6.07, 6.45) is 10.3. The molecule has 0 saturated heterocycles. The van der Waals surface area contributed by atoms with Crippen LogP contribution in [0, 0.1) is 0 Å². The number of para-hydroxylation sites is 3. The van der Waals surface area contributed by atoms with Crippen molar-refractivity contribution in [3.05, 3.63) is 292 Å². The van der Waals surface area contributed by atoms with E-state index in [2.05, 4.69) is 251 Å². The summed E-state index contributed by atoms with van der Waals surface area (Å²) in [5.74, 6) is 3.09. The monoisotopic (exact) mass is 955 g/mol. The van der Waals surface area contributed by atoms with E-state index in [9.17, 15) is 0 Å². The molecule has 4 unspecified atom stereocenters. The van der Waals surface area contributed by atoms with Crippen LogP contribution in [0.25, 0.3) is 28.2 Å². The maximum absolute atomic E-state index is 5.64. The normalized spacial score (nSPS) is 19.7. The standard InChI is InChI=1S/C66H50N8/c1-7-23-43(24-8-1)52-42-53-50-35-19-21-37-55(50)74(60(53)58-51-36-20-22-38-56(51)73(59(52)58)49-33-17-6-18-34-49)57-40-39-48(65-69-61(44-25-9-2-10-26-44)67-62(70-65)45-27-11-3-12-28-45)41-54(57)66-71-63(46-29-13-4-14-30-46)68-64(72-66)47-31-15-5-16-32-47/h1-2,4-11,13-42,58-59,61,66H,3,12H2,(H,67,69,70)(H,68,71,72)/p+1. The predicted molar refractivity (Wildman–Crippen MR) is 302 cm³/mol. The number of rotatable bonds is 9. The molecule has 0 saturated carbocycles. The molecule has 2 aliphatic carbocycles. The molecule has 0 fully saturated rings. The zero-order valence-corrected chi connectivity index (χ0v) is 40.6. The van der Waals surface area contributed by atoms with Gasteiger partial charge in [0.1, 0.15) is 11.7 Å². The first-order valence-electron chi connectivity index (χ1n) is 25.7. The minimum Gasteiger partial charge on any atom is -0.333 e. The first kappa shape index (κ1) is 43.5. The maximum atomic E-state index is 5.64. The third-order valence-electron chi connectivity index (χ3n) is 15.0. The Balaban J connectivity index is 1.03. The van der Waals surface area contributed by atoms with Crippen LogP contribution in [-0.4, -0.2) is 34.0 Å². The molecule has 9 aromatic rings. The molecule has 8 heteroatoms. The molecule has 0 radical (unpaired) electrons. The Kier molecular flexibility index (Phi) is 10.8. The highest BCUT2D eigenvalue weighted by Crippen LogP contribution is 2.57. The largest absolute Gasteiger partial charge is 0.333 e. The van der Waals surface area contributed by atoms with Gasteiger partial charge in [0.25, 0.3) is 0 Å². The van der Waals surface area contributed by atoms with E-state index in [1.807, 2.05) is 12.1 Å². The van der Waals surface area contributed by atoms with Crippen LogP contribution < -0.4 is 15.5 Å². The Morgan fingerprint density at radius 3 is 1.96 bits per heavy atom. The van der Waals surface area contributed by atoms with Crippen LogP contribution >= 0.6 is 0 Å². The molecular formula is C66H51N8+. The lowest BCUT2D eigenvalue weighted by atomic mass is 9.78. The van der Waals surface area contributed by atoms with E-state index in [-0.39, 0.29) is 12.0 Å². The Labute approximate surface area is 430 Å². The summed E-state index contributed by atoms with van der Waals surface area (Å²) < 4.78 is 2.57. The van der Waals surface area contributed by atoms with E-state index >= 15 is 0 Å². The minimum atomic E-state index is -0.442. The minimum absolute atomic E-state index is 0.0479. The molecule has 5 aliphatic rings. The van der Waals surface area contributed by atoms with Crippen molar-refractivity contribution >= 4 is 57.3 Å². The molecule has 3 aliphatic heterocycles. The number of nitrogens with one attached hydrogen (secondary N) is 1. The van der Waals surface area contributed by atoms with Crippen LogP contribution in [0.2, 0.25) is 0 Å². The molecule has 74 heavy (non-hydrogen) atoms. The zero-order chi connectivity index (χ0) is 49.0. The van der Waals surface area contributed by atoms with Gasteiger partial charge in [-0.2, -0.15) is 4.99 Å². The van der Waals surface area contributed by atoms with Crippen molar-refractivity contribution in [2.24, 2.45) is 20.0 Å². The first-order chi connectivity index (χ1) is 36.7. The molecule has 8 nitrogen and oxygen atoms in total. The summed E-state index contributed by atoms with van der Waals surface area (Å²) in [5.41, 5.74) is 16.9. The van der Waals surface area contributed by atoms with E-state index in [0.29, 0.717) is 5.84 Å². The molecule has 1 aromatic heterocycles. The lowest BCUT2D eigenvalue weighted by Gasteiger charge is -2.36. The number of hydrogen-bond acceptors (Lipinski definition) is 6. The number of aromatic nitrogens is 1. The molecule has 354 valence electrons. The number of fused-ring (bicyclic) bond motifs is 7.